The maximum absolute atomic E-state index is 12.8. The van der Waals surface area contributed by atoms with Crippen LogP contribution in [0.15, 0.2) is 61.1 Å². The highest BCUT2D eigenvalue weighted by molar-refractivity contribution is 5.79. The van der Waals surface area contributed by atoms with Gasteiger partial charge in [0.05, 0.1) is 18.2 Å². The number of hydrogen-bond donors (Lipinski definition) is 0. The Labute approximate surface area is 183 Å². The molecule has 0 spiro atoms. The van der Waals surface area contributed by atoms with Crippen LogP contribution in [-0.2, 0) is 11.2 Å². The molecule has 1 saturated heterocycles. The molecule has 156 valence electrons. The summed E-state index contributed by atoms with van der Waals surface area (Å²) in [7, 11) is 0. The minimum absolute atomic E-state index is 0.0948. The van der Waals surface area contributed by atoms with Crippen LogP contribution in [0.2, 0.25) is 0 Å². The highest BCUT2D eigenvalue weighted by Gasteiger charge is 2.32. The van der Waals surface area contributed by atoms with Crippen LogP contribution in [-0.4, -0.2) is 51.9 Å². The average Bonchev–Trinajstić information content (AvgIpc) is 2.96. The zero-order chi connectivity index (χ0) is 21.2. The highest BCUT2D eigenvalue weighted by atomic mass is 16.2. The monoisotopic (exact) mass is 410 g/mol. The number of nitrogens with zero attached hydrogens (tertiary/aromatic N) is 4. The molecule has 5 nitrogen and oxygen atoms in total. The van der Waals surface area contributed by atoms with Crippen LogP contribution in [0.3, 0.4) is 0 Å². The van der Waals surface area contributed by atoms with Gasteiger partial charge in [0.15, 0.2) is 0 Å². The fourth-order valence-electron chi connectivity index (χ4n) is 4.60. The third kappa shape index (κ3) is 4.01. The van der Waals surface area contributed by atoms with Crippen molar-refractivity contribution in [3.63, 3.8) is 0 Å². The topological polar surface area (TPSA) is 49.3 Å². The number of pyridine rings is 2. The lowest BCUT2D eigenvalue weighted by Gasteiger charge is -2.39. The van der Waals surface area contributed by atoms with E-state index in [2.05, 4.69) is 53.2 Å². The minimum Gasteiger partial charge on any atom is -0.340 e. The molecule has 0 saturated carbocycles. The van der Waals surface area contributed by atoms with E-state index in [1.54, 1.807) is 12.4 Å². The van der Waals surface area contributed by atoms with Crippen molar-refractivity contribution in [2.45, 2.75) is 19.4 Å². The van der Waals surface area contributed by atoms with E-state index in [-0.39, 0.29) is 11.9 Å². The van der Waals surface area contributed by atoms with Gasteiger partial charge in [-0.1, -0.05) is 48.0 Å². The summed E-state index contributed by atoms with van der Waals surface area (Å²) in [6.07, 6.45) is 10.2. The molecule has 3 heterocycles. The molecule has 1 aliphatic heterocycles. The molecule has 2 aliphatic rings. The fourth-order valence-corrected chi connectivity index (χ4v) is 4.60. The van der Waals surface area contributed by atoms with Gasteiger partial charge in [-0.25, -0.2) is 0 Å². The first-order valence-corrected chi connectivity index (χ1v) is 10.8. The van der Waals surface area contributed by atoms with Crippen molar-refractivity contribution in [2.75, 3.05) is 26.2 Å². The summed E-state index contributed by atoms with van der Waals surface area (Å²) in [5, 5.41) is 0. The molecular formula is C26H26N4O. The molecule has 1 aromatic carbocycles. The van der Waals surface area contributed by atoms with Crippen LogP contribution in [0.5, 0.6) is 0 Å². The van der Waals surface area contributed by atoms with Crippen LogP contribution < -0.4 is 0 Å². The third-order valence-electron chi connectivity index (χ3n) is 6.22. The Morgan fingerprint density at radius 3 is 2.61 bits per heavy atom. The van der Waals surface area contributed by atoms with Crippen LogP contribution >= 0.6 is 0 Å². The summed E-state index contributed by atoms with van der Waals surface area (Å²) in [5.74, 6) is 0.171. The van der Waals surface area contributed by atoms with Gasteiger partial charge in [0.25, 0.3) is 0 Å². The second kappa shape index (κ2) is 8.44. The molecule has 5 rings (SSSR count). The van der Waals surface area contributed by atoms with Crippen molar-refractivity contribution in [2.24, 2.45) is 0 Å². The Hall–Kier alpha value is -3.31. The predicted octanol–water partition coefficient (Wildman–Crippen LogP) is 3.75. The molecule has 5 heteroatoms. The number of carbonyl (C=O) groups excluding carboxylic acids is 1. The summed E-state index contributed by atoms with van der Waals surface area (Å²) >= 11 is 0. The lowest BCUT2D eigenvalue weighted by Crippen LogP contribution is -2.50. The average molecular weight is 411 g/mol. The second-order valence-corrected chi connectivity index (χ2v) is 8.30. The smallest absolute Gasteiger partial charge is 0.227 e. The number of hydrogen-bond acceptors (Lipinski definition) is 4. The first kappa shape index (κ1) is 19.6. The Balaban J connectivity index is 1.37. The quantitative estimate of drug-likeness (QED) is 0.660. The van der Waals surface area contributed by atoms with Crippen molar-refractivity contribution in [3.8, 4) is 0 Å². The van der Waals surface area contributed by atoms with Crippen molar-refractivity contribution in [1.82, 2.24) is 19.8 Å². The lowest BCUT2D eigenvalue weighted by molar-refractivity contribution is -0.132. The zero-order valence-electron chi connectivity index (χ0n) is 17.7. The first-order valence-electron chi connectivity index (χ1n) is 10.8. The molecule has 1 atom stereocenters. The number of carbonyl (C=O) groups is 1. The maximum atomic E-state index is 12.8. The number of benzene rings is 1. The third-order valence-corrected chi connectivity index (χ3v) is 6.22. The van der Waals surface area contributed by atoms with Gasteiger partial charge in [0.1, 0.15) is 0 Å². The fraction of sp³-hybridized carbons (Fsp3) is 0.269. The van der Waals surface area contributed by atoms with Gasteiger partial charge in [-0.3, -0.25) is 19.7 Å². The number of rotatable bonds is 3. The van der Waals surface area contributed by atoms with E-state index in [1.165, 1.54) is 16.7 Å². The molecule has 0 radical (unpaired) electrons. The van der Waals surface area contributed by atoms with Gasteiger partial charge in [-0.05, 0) is 41.3 Å². The minimum atomic E-state index is 0.0948. The SMILES string of the molecule is Cc1ccc2c(c1)C=Cc1cccnc1C2N1CCN(C(=O)Cc2cccnc2)CC1. The molecule has 0 bridgehead atoms. The number of fused-ring (bicyclic) bond motifs is 2. The lowest BCUT2D eigenvalue weighted by atomic mass is 9.94. The van der Waals surface area contributed by atoms with Gasteiger partial charge in [-0.15, -0.1) is 0 Å². The summed E-state index contributed by atoms with van der Waals surface area (Å²) in [5.41, 5.74) is 7.01. The van der Waals surface area contributed by atoms with Crippen LogP contribution in [0, 0.1) is 6.92 Å². The zero-order valence-corrected chi connectivity index (χ0v) is 17.7. The molecular weight excluding hydrogens is 384 g/mol. The number of aryl methyl sites for hydroxylation is 1. The second-order valence-electron chi connectivity index (χ2n) is 8.30. The first-order chi connectivity index (χ1) is 15.2. The van der Waals surface area contributed by atoms with Gasteiger partial charge >= 0.3 is 0 Å². The van der Waals surface area contributed by atoms with E-state index in [0.29, 0.717) is 6.42 Å². The maximum Gasteiger partial charge on any atom is 0.227 e. The van der Waals surface area contributed by atoms with E-state index in [0.717, 1.165) is 43.0 Å². The van der Waals surface area contributed by atoms with Crippen molar-refractivity contribution in [3.05, 3.63) is 94.6 Å². The number of piperazine rings is 1. The Morgan fingerprint density at radius 1 is 1.00 bits per heavy atom. The predicted molar refractivity (Wildman–Crippen MR) is 122 cm³/mol. The van der Waals surface area contributed by atoms with Crippen molar-refractivity contribution < 1.29 is 4.79 Å². The summed E-state index contributed by atoms with van der Waals surface area (Å²) < 4.78 is 0. The normalized spacial score (nSPS) is 18.2. The summed E-state index contributed by atoms with van der Waals surface area (Å²) in [6, 6.07) is 14.7. The van der Waals surface area contributed by atoms with E-state index in [1.807, 2.05) is 29.3 Å². The number of amides is 1. The van der Waals surface area contributed by atoms with E-state index in [9.17, 15) is 4.79 Å². The van der Waals surface area contributed by atoms with Crippen molar-refractivity contribution in [1.29, 1.82) is 0 Å². The Morgan fingerprint density at radius 2 is 1.81 bits per heavy atom. The largest absolute Gasteiger partial charge is 0.340 e. The standard InChI is InChI=1S/C26H26N4O/c1-19-6-9-23-22(16-19)8-7-21-5-3-11-28-25(21)26(23)30-14-12-29(13-15-30)24(31)17-20-4-2-10-27-18-20/h2-11,16,18,26H,12-15,17H2,1H3. The molecule has 1 unspecified atom stereocenters. The Bertz CT molecular complexity index is 1120. The molecule has 1 amide bonds. The Kier molecular flexibility index (Phi) is 5.35. The molecule has 3 aromatic rings. The van der Waals surface area contributed by atoms with Crippen LogP contribution in [0.1, 0.15) is 39.6 Å². The molecule has 0 N–H and O–H groups in total. The van der Waals surface area contributed by atoms with Crippen LogP contribution in [0.25, 0.3) is 12.2 Å². The van der Waals surface area contributed by atoms with E-state index < -0.39 is 0 Å². The molecule has 1 fully saturated rings. The van der Waals surface area contributed by atoms with Gasteiger partial charge in [0, 0.05) is 44.8 Å². The van der Waals surface area contributed by atoms with E-state index in [4.69, 9.17) is 4.98 Å². The van der Waals surface area contributed by atoms with Gasteiger partial charge in [-0.2, -0.15) is 0 Å². The van der Waals surface area contributed by atoms with E-state index >= 15 is 0 Å². The molecule has 31 heavy (non-hydrogen) atoms. The van der Waals surface area contributed by atoms with Gasteiger partial charge in [0.2, 0.25) is 5.91 Å². The summed E-state index contributed by atoms with van der Waals surface area (Å²) in [4.78, 5) is 26.2. The van der Waals surface area contributed by atoms with Crippen LogP contribution in [0.4, 0.5) is 0 Å². The molecule has 2 aromatic heterocycles. The number of aromatic nitrogens is 2. The van der Waals surface area contributed by atoms with Gasteiger partial charge < -0.3 is 4.90 Å². The van der Waals surface area contributed by atoms with Crippen molar-refractivity contribution >= 4 is 18.1 Å². The highest BCUT2D eigenvalue weighted by Crippen LogP contribution is 2.36. The summed E-state index contributed by atoms with van der Waals surface area (Å²) in [6.45, 7) is 5.24. The molecule has 1 aliphatic carbocycles.